The van der Waals surface area contributed by atoms with Crippen LogP contribution in [0.15, 0.2) is 70.9 Å². The molecule has 6 nitrogen and oxygen atoms in total. The van der Waals surface area contributed by atoms with Gasteiger partial charge in [0.25, 0.3) is 5.69 Å². The van der Waals surface area contributed by atoms with Crippen LogP contribution in [-0.2, 0) is 0 Å². The number of hydrogen-bond donors (Lipinski definition) is 1. The van der Waals surface area contributed by atoms with Gasteiger partial charge in [0.2, 0.25) is 0 Å². The van der Waals surface area contributed by atoms with Crippen molar-refractivity contribution >= 4 is 27.8 Å². The number of rotatable bonds is 3. The van der Waals surface area contributed by atoms with Crippen molar-refractivity contribution < 1.29 is 10.0 Å². The largest absolute Gasteiger partial charge is 0.508 e. The summed E-state index contributed by atoms with van der Waals surface area (Å²) >= 11 is 0. The predicted molar refractivity (Wildman–Crippen MR) is 82.9 cm³/mol. The lowest BCUT2D eigenvalue weighted by Gasteiger charge is -2.02. The molecule has 0 aliphatic carbocycles. The topological polar surface area (TPSA) is 88.1 Å². The van der Waals surface area contributed by atoms with Gasteiger partial charge in [-0.25, -0.2) is 0 Å². The van der Waals surface area contributed by atoms with E-state index < -0.39 is 4.92 Å². The van der Waals surface area contributed by atoms with Gasteiger partial charge in [-0.2, -0.15) is 5.11 Å². The molecule has 0 heterocycles. The van der Waals surface area contributed by atoms with Crippen molar-refractivity contribution in [3.8, 4) is 5.75 Å². The van der Waals surface area contributed by atoms with Gasteiger partial charge in [0.1, 0.15) is 5.75 Å². The van der Waals surface area contributed by atoms with Crippen molar-refractivity contribution in [1.82, 2.24) is 0 Å². The second-order valence-electron chi connectivity index (χ2n) is 4.66. The van der Waals surface area contributed by atoms with E-state index in [4.69, 9.17) is 0 Å². The first kappa shape index (κ1) is 13.7. The molecule has 0 unspecified atom stereocenters. The minimum Gasteiger partial charge on any atom is -0.508 e. The number of phenolic OH excluding ortho intramolecular Hbond substituents is 1. The van der Waals surface area contributed by atoms with Gasteiger partial charge >= 0.3 is 0 Å². The van der Waals surface area contributed by atoms with Crippen molar-refractivity contribution in [3.05, 3.63) is 70.8 Å². The lowest BCUT2D eigenvalue weighted by molar-refractivity contribution is -0.384. The van der Waals surface area contributed by atoms with Crippen LogP contribution in [0.1, 0.15) is 0 Å². The summed E-state index contributed by atoms with van der Waals surface area (Å²) in [5, 5.41) is 30.3. The minimum absolute atomic E-state index is 0.0442. The van der Waals surface area contributed by atoms with Crippen LogP contribution >= 0.6 is 0 Å². The Labute approximate surface area is 125 Å². The third-order valence-corrected chi connectivity index (χ3v) is 3.14. The highest BCUT2D eigenvalue weighted by atomic mass is 16.6. The van der Waals surface area contributed by atoms with E-state index in [2.05, 4.69) is 10.2 Å². The number of nitro groups is 1. The summed E-state index contributed by atoms with van der Waals surface area (Å²) in [6.45, 7) is 0. The zero-order valence-corrected chi connectivity index (χ0v) is 11.4. The monoisotopic (exact) mass is 293 g/mol. The number of fused-ring (bicyclic) bond motifs is 1. The van der Waals surface area contributed by atoms with E-state index in [-0.39, 0.29) is 11.4 Å². The average Bonchev–Trinajstić information content (AvgIpc) is 2.52. The summed E-state index contributed by atoms with van der Waals surface area (Å²) < 4.78 is 0. The van der Waals surface area contributed by atoms with E-state index in [1.54, 1.807) is 18.2 Å². The number of azo groups is 1. The molecule has 0 fully saturated rings. The number of hydrogen-bond acceptors (Lipinski definition) is 5. The van der Waals surface area contributed by atoms with Gasteiger partial charge in [-0.3, -0.25) is 10.1 Å². The SMILES string of the molecule is O=[N+]([O-])c1cccc(N=Nc2cc(O)cc3ccccc23)c1. The van der Waals surface area contributed by atoms with Crippen LogP contribution < -0.4 is 0 Å². The number of nitrogens with zero attached hydrogens (tertiary/aromatic N) is 3. The molecular weight excluding hydrogens is 282 g/mol. The Morgan fingerprint density at radius 2 is 1.77 bits per heavy atom. The van der Waals surface area contributed by atoms with E-state index >= 15 is 0 Å². The van der Waals surface area contributed by atoms with E-state index in [9.17, 15) is 15.2 Å². The number of non-ortho nitro benzene ring substituents is 1. The highest BCUT2D eigenvalue weighted by Crippen LogP contribution is 2.32. The molecule has 0 saturated carbocycles. The highest BCUT2D eigenvalue weighted by Gasteiger charge is 2.06. The Kier molecular flexibility index (Phi) is 3.49. The van der Waals surface area contributed by atoms with Gasteiger partial charge in [-0.05, 0) is 17.5 Å². The van der Waals surface area contributed by atoms with Crippen molar-refractivity contribution in [1.29, 1.82) is 0 Å². The van der Waals surface area contributed by atoms with E-state index in [1.165, 1.54) is 18.2 Å². The van der Waals surface area contributed by atoms with Crippen molar-refractivity contribution in [2.45, 2.75) is 0 Å². The Balaban J connectivity index is 2.02. The van der Waals surface area contributed by atoms with Gasteiger partial charge in [0.05, 0.1) is 16.3 Å². The summed E-state index contributed by atoms with van der Waals surface area (Å²) in [7, 11) is 0. The molecule has 6 heteroatoms. The molecule has 3 aromatic rings. The number of nitro benzene ring substituents is 1. The van der Waals surface area contributed by atoms with E-state index in [0.29, 0.717) is 11.4 Å². The number of benzene rings is 3. The second-order valence-corrected chi connectivity index (χ2v) is 4.66. The first-order valence-electron chi connectivity index (χ1n) is 6.51. The van der Waals surface area contributed by atoms with Crippen molar-refractivity contribution in [2.24, 2.45) is 10.2 Å². The van der Waals surface area contributed by atoms with Gasteiger partial charge in [-0.15, -0.1) is 5.11 Å². The highest BCUT2D eigenvalue weighted by molar-refractivity contribution is 5.93. The summed E-state index contributed by atoms with van der Waals surface area (Å²) in [5.74, 6) is 0.0895. The Bertz CT molecular complexity index is 891. The Morgan fingerprint density at radius 1 is 0.955 bits per heavy atom. The summed E-state index contributed by atoms with van der Waals surface area (Å²) in [6.07, 6.45) is 0. The Hall–Kier alpha value is -3.28. The lowest BCUT2D eigenvalue weighted by Crippen LogP contribution is -1.85. The zero-order valence-electron chi connectivity index (χ0n) is 11.4. The first-order chi connectivity index (χ1) is 10.6. The fourth-order valence-electron chi connectivity index (χ4n) is 2.14. The number of phenols is 1. The maximum absolute atomic E-state index is 10.7. The number of aromatic hydroxyl groups is 1. The first-order valence-corrected chi connectivity index (χ1v) is 6.51. The second kappa shape index (κ2) is 5.61. The molecule has 108 valence electrons. The Morgan fingerprint density at radius 3 is 2.59 bits per heavy atom. The molecule has 0 amide bonds. The molecule has 0 bridgehead atoms. The minimum atomic E-state index is -0.483. The maximum Gasteiger partial charge on any atom is 0.271 e. The molecule has 3 aromatic carbocycles. The van der Waals surface area contributed by atoms with Crippen LogP contribution in [0.4, 0.5) is 17.1 Å². The molecular formula is C16H11N3O3. The van der Waals surface area contributed by atoms with Crippen molar-refractivity contribution in [2.75, 3.05) is 0 Å². The maximum atomic E-state index is 10.7. The van der Waals surface area contributed by atoms with Crippen LogP contribution in [0.25, 0.3) is 10.8 Å². The quantitative estimate of drug-likeness (QED) is 0.424. The third kappa shape index (κ3) is 2.76. The summed E-state index contributed by atoms with van der Waals surface area (Å²) in [4.78, 5) is 10.3. The van der Waals surface area contributed by atoms with Crippen LogP contribution in [0.3, 0.4) is 0 Å². The summed E-state index contributed by atoms with van der Waals surface area (Å²) in [6, 6.07) is 16.5. The molecule has 0 aromatic heterocycles. The summed E-state index contributed by atoms with van der Waals surface area (Å²) in [5.41, 5.74) is 0.834. The smallest absolute Gasteiger partial charge is 0.271 e. The molecule has 3 rings (SSSR count). The normalized spacial score (nSPS) is 11.1. The standard InChI is InChI=1S/C16H11N3O3/c20-14-8-11-4-1-2-7-15(11)16(10-14)18-17-12-5-3-6-13(9-12)19(21)22/h1-10,20H. The van der Waals surface area contributed by atoms with Crippen LogP contribution in [0, 0.1) is 10.1 Å². The predicted octanol–water partition coefficient (Wildman–Crippen LogP) is 4.87. The molecule has 0 aliphatic rings. The van der Waals surface area contributed by atoms with Gasteiger partial charge in [-0.1, -0.05) is 30.3 Å². The van der Waals surface area contributed by atoms with Crippen LogP contribution in [0.5, 0.6) is 5.75 Å². The van der Waals surface area contributed by atoms with E-state index in [0.717, 1.165) is 10.8 Å². The molecule has 1 N–H and O–H groups in total. The molecule has 0 saturated heterocycles. The van der Waals surface area contributed by atoms with Crippen LogP contribution in [-0.4, -0.2) is 10.0 Å². The molecule has 0 aliphatic heterocycles. The fraction of sp³-hybridized carbons (Fsp3) is 0. The van der Waals surface area contributed by atoms with Gasteiger partial charge in [0, 0.05) is 23.6 Å². The molecule has 22 heavy (non-hydrogen) atoms. The average molecular weight is 293 g/mol. The van der Waals surface area contributed by atoms with E-state index in [1.807, 2.05) is 24.3 Å². The zero-order chi connectivity index (χ0) is 15.5. The third-order valence-electron chi connectivity index (χ3n) is 3.14. The lowest BCUT2D eigenvalue weighted by atomic mass is 10.1. The fourth-order valence-corrected chi connectivity index (χ4v) is 2.14. The van der Waals surface area contributed by atoms with Crippen molar-refractivity contribution in [3.63, 3.8) is 0 Å². The van der Waals surface area contributed by atoms with Gasteiger partial charge in [0.15, 0.2) is 0 Å². The molecule has 0 radical (unpaired) electrons. The molecule has 0 spiro atoms. The molecule has 0 atom stereocenters. The van der Waals surface area contributed by atoms with Gasteiger partial charge < -0.3 is 5.11 Å². The van der Waals surface area contributed by atoms with Crippen LogP contribution in [0.2, 0.25) is 0 Å².